The fourth-order valence-corrected chi connectivity index (χ4v) is 3.75. The quantitative estimate of drug-likeness (QED) is 0.774. The van der Waals surface area contributed by atoms with Crippen LogP contribution in [0.2, 0.25) is 0 Å². The number of hydrogen-bond acceptors (Lipinski definition) is 4. The van der Waals surface area contributed by atoms with Crippen molar-refractivity contribution < 1.29 is 9.59 Å². The monoisotopic (exact) mass is 384 g/mol. The summed E-state index contributed by atoms with van der Waals surface area (Å²) in [6, 6.07) is 11.2. The number of urea groups is 1. The minimum atomic E-state index is -0.126. The molecule has 0 saturated carbocycles. The molecule has 3 amide bonds. The van der Waals surface area contributed by atoms with E-state index in [1.54, 1.807) is 36.3 Å². The summed E-state index contributed by atoms with van der Waals surface area (Å²) in [4.78, 5) is 31.7. The van der Waals surface area contributed by atoms with Gasteiger partial charge in [0.1, 0.15) is 0 Å². The van der Waals surface area contributed by atoms with Crippen LogP contribution in [0.4, 0.5) is 10.5 Å². The molecule has 1 aromatic carbocycles. The van der Waals surface area contributed by atoms with Gasteiger partial charge in [0.05, 0.1) is 11.3 Å². The van der Waals surface area contributed by atoms with Crippen LogP contribution in [-0.2, 0) is 0 Å². The van der Waals surface area contributed by atoms with E-state index in [0.717, 1.165) is 30.0 Å². The predicted molar refractivity (Wildman–Crippen MR) is 108 cm³/mol. The average molecular weight is 385 g/mol. The first-order valence-corrected chi connectivity index (χ1v) is 10.3. The SMILES string of the molecule is CSc1ccccc1NC(=O)N1CCCC(CNC(=O)c2cccnc2)C1. The van der Waals surface area contributed by atoms with E-state index >= 15 is 0 Å². The number of nitrogens with one attached hydrogen (secondary N) is 2. The van der Waals surface area contributed by atoms with Crippen molar-refractivity contribution >= 4 is 29.4 Å². The molecule has 1 aliphatic heterocycles. The molecule has 27 heavy (non-hydrogen) atoms. The normalized spacial score (nSPS) is 16.6. The Morgan fingerprint density at radius 1 is 1.26 bits per heavy atom. The summed E-state index contributed by atoms with van der Waals surface area (Å²) in [5.41, 5.74) is 1.39. The Bertz CT molecular complexity index is 785. The van der Waals surface area contributed by atoms with Crippen LogP contribution in [0.1, 0.15) is 23.2 Å². The molecular weight excluding hydrogens is 360 g/mol. The topological polar surface area (TPSA) is 74.3 Å². The zero-order chi connectivity index (χ0) is 19.1. The van der Waals surface area contributed by atoms with E-state index in [1.165, 1.54) is 0 Å². The van der Waals surface area contributed by atoms with E-state index < -0.39 is 0 Å². The molecule has 2 aromatic rings. The molecule has 0 radical (unpaired) electrons. The summed E-state index contributed by atoms with van der Waals surface area (Å²) in [6.07, 6.45) is 7.12. The van der Waals surface area contributed by atoms with Gasteiger partial charge in [-0.2, -0.15) is 0 Å². The van der Waals surface area contributed by atoms with Crippen molar-refractivity contribution in [3.63, 3.8) is 0 Å². The summed E-state index contributed by atoms with van der Waals surface area (Å²) in [5.74, 6) is 0.125. The number of carbonyl (C=O) groups excluding carboxylic acids is 2. The number of piperidine rings is 1. The molecule has 2 N–H and O–H groups in total. The van der Waals surface area contributed by atoms with Crippen molar-refractivity contribution in [3.05, 3.63) is 54.4 Å². The van der Waals surface area contributed by atoms with Crippen LogP contribution in [-0.4, -0.2) is 47.7 Å². The van der Waals surface area contributed by atoms with Crippen molar-refractivity contribution in [1.29, 1.82) is 0 Å². The second kappa shape index (κ2) is 9.41. The number of para-hydroxylation sites is 1. The number of nitrogens with zero attached hydrogens (tertiary/aromatic N) is 2. The second-order valence-corrected chi connectivity index (χ2v) is 7.38. The predicted octanol–water partition coefficient (Wildman–Crippen LogP) is 3.48. The zero-order valence-electron chi connectivity index (χ0n) is 15.4. The first-order chi connectivity index (χ1) is 13.2. The Hall–Kier alpha value is -2.54. The van der Waals surface area contributed by atoms with Crippen molar-refractivity contribution in [2.24, 2.45) is 5.92 Å². The number of anilines is 1. The third-order valence-corrected chi connectivity index (χ3v) is 5.43. The minimum Gasteiger partial charge on any atom is -0.352 e. The Morgan fingerprint density at radius 2 is 2.11 bits per heavy atom. The molecule has 0 aliphatic carbocycles. The van der Waals surface area contributed by atoms with Gasteiger partial charge in [-0.25, -0.2) is 4.79 Å². The smallest absolute Gasteiger partial charge is 0.321 e. The first kappa shape index (κ1) is 19.2. The second-order valence-electron chi connectivity index (χ2n) is 6.54. The molecule has 142 valence electrons. The van der Waals surface area contributed by atoms with Gasteiger partial charge < -0.3 is 15.5 Å². The van der Waals surface area contributed by atoms with Crippen LogP contribution in [0, 0.1) is 5.92 Å². The van der Waals surface area contributed by atoms with E-state index in [4.69, 9.17) is 0 Å². The fraction of sp³-hybridized carbons (Fsp3) is 0.350. The maximum atomic E-state index is 12.7. The van der Waals surface area contributed by atoms with Gasteiger partial charge in [0, 0.05) is 36.9 Å². The van der Waals surface area contributed by atoms with Crippen LogP contribution < -0.4 is 10.6 Å². The maximum absolute atomic E-state index is 12.7. The van der Waals surface area contributed by atoms with E-state index in [0.29, 0.717) is 18.7 Å². The Morgan fingerprint density at radius 3 is 2.89 bits per heavy atom. The van der Waals surface area contributed by atoms with E-state index in [1.807, 2.05) is 35.4 Å². The molecule has 6 nitrogen and oxygen atoms in total. The number of rotatable bonds is 5. The van der Waals surface area contributed by atoms with Crippen molar-refractivity contribution in [2.45, 2.75) is 17.7 Å². The highest BCUT2D eigenvalue weighted by Crippen LogP contribution is 2.25. The maximum Gasteiger partial charge on any atom is 0.321 e. The lowest BCUT2D eigenvalue weighted by atomic mass is 9.98. The number of amides is 3. The molecular formula is C20H24N4O2S. The summed E-state index contributed by atoms with van der Waals surface area (Å²) < 4.78 is 0. The average Bonchev–Trinajstić information content (AvgIpc) is 2.73. The number of hydrogen-bond donors (Lipinski definition) is 2. The molecule has 1 fully saturated rings. The van der Waals surface area contributed by atoms with E-state index in [-0.39, 0.29) is 17.9 Å². The van der Waals surface area contributed by atoms with Crippen molar-refractivity contribution in [1.82, 2.24) is 15.2 Å². The van der Waals surface area contributed by atoms with Crippen LogP contribution in [0.25, 0.3) is 0 Å². The molecule has 0 bridgehead atoms. The van der Waals surface area contributed by atoms with Gasteiger partial charge in [-0.1, -0.05) is 12.1 Å². The number of pyridine rings is 1. The fourth-order valence-electron chi connectivity index (χ4n) is 3.19. The lowest BCUT2D eigenvalue weighted by Crippen LogP contribution is -2.45. The van der Waals surface area contributed by atoms with Gasteiger partial charge in [-0.15, -0.1) is 11.8 Å². The van der Waals surface area contributed by atoms with Gasteiger partial charge in [-0.05, 0) is 49.3 Å². The van der Waals surface area contributed by atoms with Gasteiger partial charge in [0.2, 0.25) is 0 Å². The standard InChI is InChI=1S/C20H24N4O2S/c1-27-18-9-3-2-8-17(18)23-20(26)24-11-5-6-15(14-24)12-22-19(25)16-7-4-10-21-13-16/h2-4,7-10,13,15H,5-6,11-12,14H2,1H3,(H,22,25)(H,23,26). The van der Waals surface area contributed by atoms with Crippen molar-refractivity contribution in [2.75, 3.05) is 31.2 Å². The molecule has 1 atom stereocenters. The van der Waals surface area contributed by atoms with Crippen LogP contribution in [0.5, 0.6) is 0 Å². The molecule has 1 saturated heterocycles. The summed E-state index contributed by atoms with van der Waals surface area (Å²) >= 11 is 1.61. The van der Waals surface area contributed by atoms with E-state index in [2.05, 4.69) is 15.6 Å². The lowest BCUT2D eigenvalue weighted by molar-refractivity contribution is 0.0938. The third-order valence-electron chi connectivity index (χ3n) is 4.63. The molecule has 0 spiro atoms. The minimum absolute atomic E-state index is 0.0835. The van der Waals surface area contributed by atoms with Crippen LogP contribution in [0.15, 0.2) is 53.7 Å². The highest BCUT2D eigenvalue weighted by molar-refractivity contribution is 7.98. The van der Waals surface area contributed by atoms with Gasteiger partial charge in [0.15, 0.2) is 0 Å². The molecule has 1 aromatic heterocycles. The molecule has 2 heterocycles. The third kappa shape index (κ3) is 5.23. The first-order valence-electron chi connectivity index (χ1n) is 9.04. The van der Waals surface area contributed by atoms with Gasteiger partial charge in [0.25, 0.3) is 5.91 Å². The number of benzene rings is 1. The number of aromatic nitrogens is 1. The Kier molecular flexibility index (Phi) is 6.70. The summed E-state index contributed by atoms with van der Waals surface area (Å²) in [7, 11) is 0. The lowest BCUT2D eigenvalue weighted by Gasteiger charge is -2.33. The van der Waals surface area contributed by atoms with Crippen LogP contribution in [0.3, 0.4) is 0 Å². The zero-order valence-corrected chi connectivity index (χ0v) is 16.2. The van der Waals surface area contributed by atoms with Gasteiger partial charge in [-0.3, -0.25) is 9.78 Å². The highest BCUT2D eigenvalue weighted by Gasteiger charge is 2.24. The largest absolute Gasteiger partial charge is 0.352 e. The highest BCUT2D eigenvalue weighted by atomic mass is 32.2. The number of likely N-dealkylation sites (tertiary alicyclic amines) is 1. The van der Waals surface area contributed by atoms with Crippen molar-refractivity contribution in [3.8, 4) is 0 Å². The van der Waals surface area contributed by atoms with E-state index in [9.17, 15) is 9.59 Å². The van der Waals surface area contributed by atoms with Crippen LogP contribution >= 0.6 is 11.8 Å². The van der Waals surface area contributed by atoms with Gasteiger partial charge >= 0.3 is 6.03 Å². The number of thioether (sulfide) groups is 1. The Balaban J connectivity index is 1.53. The summed E-state index contributed by atoms with van der Waals surface area (Å²) in [6.45, 7) is 1.93. The number of carbonyl (C=O) groups is 2. The summed E-state index contributed by atoms with van der Waals surface area (Å²) in [5, 5.41) is 5.97. The molecule has 7 heteroatoms. The molecule has 1 unspecified atom stereocenters. The molecule has 3 rings (SSSR count). The Labute approximate surface area is 163 Å². The molecule has 1 aliphatic rings.